The van der Waals surface area contributed by atoms with Crippen LogP contribution >= 0.6 is 11.8 Å². The number of rotatable bonds is 5. The van der Waals surface area contributed by atoms with E-state index in [4.69, 9.17) is 5.84 Å². The second-order valence-electron chi connectivity index (χ2n) is 5.25. The summed E-state index contributed by atoms with van der Waals surface area (Å²) >= 11 is 1.95. The molecule has 0 saturated carbocycles. The highest BCUT2D eigenvalue weighted by atomic mass is 32.2. The van der Waals surface area contributed by atoms with Crippen molar-refractivity contribution in [1.29, 1.82) is 0 Å². The van der Waals surface area contributed by atoms with Crippen LogP contribution in [0.4, 0.5) is 0 Å². The Kier molecular flexibility index (Phi) is 4.41. The van der Waals surface area contributed by atoms with Crippen LogP contribution in [0.1, 0.15) is 23.5 Å². The van der Waals surface area contributed by atoms with E-state index in [0.717, 1.165) is 18.6 Å². The lowest BCUT2D eigenvalue weighted by Crippen LogP contribution is -2.40. The van der Waals surface area contributed by atoms with Crippen molar-refractivity contribution in [3.63, 3.8) is 0 Å². The van der Waals surface area contributed by atoms with Gasteiger partial charge in [0, 0.05) is 22.6 Å². The quantitative estimate of drug-likeness (QED) is 0.653. The van der Waals surface area contributed by atoms with Gasteiger partial charge in [-0.2, -0.15) is 0 Å². The van der Waals surface area contributed by atoms with E-state index in [1.54, 1.807) is 0 Å². The van der Waals surface area contributed by atoms with E-state index in [1.807, 2.05) is 11.8 Å². The molecule has 104 valence electrons. The molecule has 0 bridgehead atoms. The van der Waals surface area contributed by atoms with Crippen LogP contribution in [-0.2, 0) is 6.42 Å². The van der Waals surface area contributed by atoms with Crippen LogP contribution in [-0.4, -0.2) is 11.8 Å². The Balaban J connectivity index is 1.69. The number of hydrogen-bond donors (Lipinski definition) is 2. The fraction of sp³-hybridized carbons (Fsp3) is 0.294. The van der Waals surface area contributed by atoms with Crippen molar-refractivity contribution in [3.8, 4) is 0 Å². The molecule has 2 nitrogen and oxygen atoms in total. The Morgan fingerprint density at radius 3 is 2.65 bits per heavy atom. The number of fused-ring (bicyclic) bond motifs is 1. The van der Waals surface area contributed by atoms with E-state index in [-0.39, 0.29) is 0 Å². The second-order valence-corrected chi connectivity index (χ2v) is 6.31. The van der Waals surface area contributed by atoms with Gasteiger partial charge in [-0.15, -0.1) is 11.8 Å². The minimum atomic E-state index is 0.339. The molecule has 1 aliphatic heterocycles. The zero-order valence-corrected chi connectivity index (χ0v) is 12.3. The van der Waals surface area contributed by atoms with Crippen molar-refractivity contribution in [3.05, 3.63) is 65.7 Å². The Hall–Kier alpha value is -1.29. The van der Waals surface area contributed by atoms with Gasteiger partial charge in [-0.05, 0) is 30.0 Å². The summed E-state index contributed by atoms with van der Waals surface area (Å²) in [7, 11) is 0. The van der Waals surface area contributed by atoms with E-state index in [9.17, 15) is 0 Å². The maximum Gasteiger partial charge on any atom is 0.0290 e. The van der Waals surface area contributed by atoms with E-state index in [2.05, 4.69) is 60.0 Å². The molecule has 20 heavy (non-hydrogen) atoms. The van der Waals surface area contributed by atoms with Gasteiger partial charge in [0.2, 0.25) is 0 Å². The first kappa shape index (κ1) is 13.7. The number of benzene rings is 2. The SMILES string of the molecule is NNC(CCc1ccccc1)C1CSc2ccccc21. The fourth-order valence-electron chi connectivity index (χ4n) is 2.89. The van der Waals surface area contributed by atoms with Gasteiger partial charge in [0.05, 0.1) is 0 Å². The zero-order chi connectivity index (χ0) is 13.8. The molecule has 2 atom stereocenters. The fourth-order valence-corrected chi connectivity index (χ4v) is 4.22. The van der Waals surface area contributed by atoms with Crippen LogP contribution in [0.2, 0.25) is 0 Å². The van der Waals surface area contributed by atoms with E-state index < -0.39 is 0 Å². The highest BCUT2D eigenvalue weighted by Crippen LogP contribution is 2.41. The standard InChI is InChI=1S/C17H20N2S/c18-19-16(11-10-13-6-2-1-3-7-13)15-12-20-17-9-5-4-8-14(15)17/h1-9,15-16,19H,10-12,18H2. The summed E-state index contributed by atoms with van der Waals surface area (Å²) in [6.45, 7) is 0. The smallest absolute Gasteiger partial charge is 0.0290 e. The van der Waals surface area contributed by atoms with Crippen molar-refractivity contribution >= 4 is 11.8 Å². The third-order valence-electron chi connectivity index (χ3n) is 4.02. The summed E-state index contributed by atoms with van der Waals surface area (Å²) in [6.07, 6.45) is 2.14. The maximum atomic E-state index is 5.81. The third kappa shape index (κ3) is 2.90. The highest BCUT2D eigenvalue weighted by molar-refractivity contribution is 7.99. The molecule has 0 fully saturated rings. The Labute approximate surface area is 124 Å². The van der Waals surface area contributed by atoms with Gasteiger partial charge in [-0.1, -0.05) is 48.5 Å². The minimum absolute atomic E-state index is 0.339. The average molecular weight is 284 g/mol. The van der Waals surface area contributed by atoms with Crippen LogP contribution in [0.25, 0.3) is 0 Å². The van der Waals surface area contributed by atoms with Crippen LogP contribution in [0.5, 0.6) is 0 Å². The molecule has 3 rings (SSSR count). The van der Waals surface area contributed by atoms with Crippen molar-refractivity contribution in [2.75, 3.05) is 5.75 Å². The van der Waals surface area contributed by atoms with Crippen molar-refractivity contribution < 1.29 is 0 Å². The molecule has 3 N–H and O–H groups in total. The molecule has 0 saturated heterocycles. The first-order valence-electron chi connectivity index (χ1n) is 7.10. The normalized spacial score (nSPS) is 18.8. The largest absolute Gasteiger partial charge is 0.271 e. The van der Waals surface area contributed by atoms with E-state index in [1.165, 1.54) is 16.0 Å². The molecular formula is C17H20N2S. The average Bonchev–Trinajstić information content (AvgIpc) is 2.93. The van der Waals surface area contributed by atoms with Crippen molar-refractivity contribution in [1.82, 2.24) is 5.43 Å². The minimum Gasteiger partial charge on any atom is -0.271 e. The van der Waals surface area contributed by atoms with Crippen LogP contribution < -0.4 is 11.3 Å². The van der Waals surface area contributed by atoms with Gasteiger partial charge < -0.3 is 0 Å². The van der Waals surface area contributed by atoms with Gasteiger partial charge in [0.1, 0.15) is 0 Å². The maximum absolute atomic E-state index is 5.81. The molecular weight excluding hydrogens is 264 g/mol. The summed E-state index contributed by atoms with van der Waals surface area (Å²) in [4.78, 5) is 1.41. The van der Waals surface area contributed by atoms with Gasteiger partial charge in [0.25, 0.3) is 0 Å². The summed E-state index contributed by atoms with van der Waals surface area (Å²) in [5, 5.41) is 0. The molecule has 1 heterocycles. The number of hydrogen-bond acceptors (Lipinski definition) is 3. The number of nitrogens with one attached hydrogen (secondary N) is 1. The summed E-state index contributed by atoms with van der Waals surface area (Å²) < 4.78 is 0. The number of thioether (sulfide) groups is 1. The lowest BCUT2D eigenvalue weighted by atomic mass is 9.90. The Morgan fingerprint density at radius 1 is 1.10 bits per heavy atom. The summed E-state index contributed by atoms with van der Waals surface area (Å²) in [6, 6.07) is 19.7. The Bertz CT molecular complexity index is 556. The highest BCUT2D eigenvalue weighted by Gasteiger charge is 2.29. The second kappa shape index (κ2) is 6.44. The summed E-state index contributed by atoms with van der Waals surface area (Å²) in [5.74, 6) is 7.46. The van der Waals surface area contributed by atoms with E-state index in [0.29, 0.717) is 12.0 Å². The first-order chi connectivity index (χ1) is 9.88. The number of hydrazine groups is 1. The molecule has 0 amide bonds. The monoisotopic (exact) mass is 284 g/mol. The third-order valence-corrected chi connectivity index (χ3v) is 5.23. The number of aryl methyl sites for hydroxylation is 1. The molecule has 2 aromatic rings. The molecule has 0 aliphatic carbocycles. The molecule has 2 unspecified atom stereocenters. The molecule has 0 radical (unpaired) electrons. The van der Waals surface area contributed by atoms with Crippen LogP contribution in [0.15, 0.2) is 59.5 Å². The molecule has 2 aromatic carbocycles. The Morgan fingerprint density at radius 2 is 1.85 bits per heavy atom. The van der Waals surface area contributed by atoms with Gasteiger partial charge in [-0.25, -0.2) is 0 Å². The van der Waals surface area contributed by atoms with Gasteiger partial charge in [0.15, 0.2) is 0 Å². The van der Waals surface area contributed by atoms with Gasteiger partial charge >= 0.3 is 0 Å². The van der Waals surface area contributed by atoms with Crippen LogP contribution in [0.3, 0.4) is 0 Å². The number of nitrogens with two attached hydrogens (primary N) is 1. The lowest BCUT2D eigenvalue weighted by Gasteiger charge is -2.23. The van der Waals surface area contributed by atoms with Crippen LogP contribution in [0, 0.1) is 0 Å². The molecule has 1 aliphatic rings. The predicted molar refractivity (Wildman–Crippen MR) is 85.8 cm³/mol. The van der Waals surface area contributed by atoms with Crippen molar-refractivity contribution in [2.45, 2.75) is 29.7 Å². The van der Waals surface area contributed by atoms with E-state index >= 15 is 0 Å². The molecule has 0 aromatic heterocycles. The predicted octanol–water partition coefficient (Wildman–Crippen LogP) is 3.34. The summed E-state index contributed by atoms with van der Waals surface area (Å²) in [5.41, 5.74) is 5.88. The zero-order valence-electron chi connectivity index (χ0n) is 11.5. The van der Waals surface area contributed by atoms with Gasteiger partial charge in [-0.3, -0.25) is 11.3 Å². The first-order valence-corrected chi connectivity index (χ1v) is 8.09. The molecule has 3 heteroatoms. The topological polar surface area (TPSA) is 38.0 Å². The van der Waals surface area contributed by atoms with Crippen molar-refractivity contribution in [2.24, 2.45) is 5.84 Å². The lowest BCUT2D eigenvalue weighted by molar-refractivity contribution is 0.438. The molecule has 0 spiro atoms.